The molecule has 0 aromatic heterocycles. The van der Waals surface area contributed by atoms with Crippen LogP contribution in [0.4, 0.5) is 4.79 Å². The lowest BCUT2D eigenvalue weighted by atomic mass is 10.0. The van der Waals surface area contributed by atoms with Gasteiger partial charge in [-0.3, -0.25) is 9.69 Å². The van der Waals surface area contributed by atoms with Gasteiger partial charge in [0, 0.05) is 6.42 Å². The lowest BCUT2D eigenvalue weighted by Gasteiger charge is -2.27. The van der Waals surface area contributed by atoms with E-state index < -0.39 is 36.2 Å². The number of esters is 2. The number of aliphatic hydroxyl groups excluding tert-OH is 1. The lowest BCUT2D eigenvalue weighted by molar-refractivity contribution is -0.160. The van der Waals surface area contributed by atoms with Gasteiger partial charge in [-0.15, -0.1) is 0 Å². The third-order valence-electron chi connectivity index (χ3n) is 5.87. The van der Waals surface area contributed by atoms with Gasteiger partial charge in [-0.05, 0) is 16.7 Å². The zero-order valence-corrected chi connectivity index (χ0v) is 19.6. The van der Waals surface area contributed by atoms with Gasteiger partial charge >= 0.3 is 18.0 Å². The molecule has 1 saturated heterocycles. The van der Waals surface area contributed by atoms with Crippen LogP contribution in [0.25, 0.3) is 0 Å². The number of carbonyl (C=O) groups is 3. The first-order valence-corrected chi connectivity index (χ1v) is 11.6. The number of hydrogen-bond donors (Lipinski definition) is 1. The number of aliphatic hydroxyl groups is 1. The summed E-state index contributed by atoms with van der Waals surface area (Å²) in [4.78, 5) is 39.9. The Balaban J connectivity index is 1.48. The SMILES string of the molecule is O=C(OCc1ccccc1)[C@@H]1[C@H](C(=O)OCc2ccccc2)C[C@H](O)N1C(=O)OCc1ccccc1. The summed E-state index contributed by atoms with van der Waals surface area (Å²) >= 11 is 0. The van der Waals surface area contributed by atoms with Crippen molar-refractivity contribution in [3.05, 3.63) is 108 Å². The zero-order valence-electron chi connectivity index (χ0n) is 19.6. The second-order valence-corrected chi connectivity index (χ2v) is 8.40. The van der Waals surface area contributed by atoms with E-state index in [-0.39, 0.29) is 26.2 Å². The fraction of sp³-hybridized carbons (Fsp3) is 0.250. The van der Waals surface area contributed by atoms with Crippen molar-refractivity contribution < 1.29 is 33.7 Å². The Labute approximate surface area is 209 Å². The number of ether oxygens (including phenoxy) is 3. The minimum Gasteiger partial charge on any atom is -0.461 e. The monoisotopic (exact) mass is 489 g/mol. The zero-order chi connectivity index (χ0) is 25.3. The molecule has 1 fully saturated rings. The molecule has 0 unspecified atom stereocenters. The van der Waals surface area contributed by atoms with Crippen molar-refractivity contribution in [1.29, 1.82) is 0 Å². The van der Waals surface area contributed by atoms with Gasteiger partial charge in [0.15, 0.2) is 0 Å². The molecular weight excluding hydrogens is 462 g/mol. The Kier molecular flexibility index (Phi) is 8.31. The minimum atomic E-state index is -1.42. The van der Waals surface area contributed by atoms with Crippen molar-refractivity contribution in [3.63, 3.8) is 0 Å². The summed E-state index contributed by atoms with van der Waals surface area (Å²) in [6.45, 7) is -0.112. The Hall–Kier alpha value is -4.17. The molecule has 1 heterocycles. The first-order valence-electron chi connectivity index (χ1n) is 11.6. The van der Waals surface area contributed by atoms with E-state index >= 15 is 0 Å². The average Bonchev–Trinajstić information content (AvgIpc) is 3.28. The number of carbonyl (C=O) groups excluding carboxylic acids is 3. The molecule has 1 N–H and O–H groups in total. The predicted octanol–water partition coefficient (Wildman–Crippen LogP) is 3.82. The molecular formula is C28H27NO7. The summed E-state index contributed by atoms with van der Waals surface area (Å²) in [6.07, 6.45) is -2.53. The predicted molar refractivity (Wildman–Crippen MR) is 129 cm³/mol. The summed E-state index contributed by atoms with van der Waals surface area (Å²) in [7, 11) is 0. The first kappa shape index (κ1) is 24.9. The standard InChI is InChI=1S/C28H27NO7/c30-24-16-23(26(31)34-17-20-10-4-1-5-11-20)25(27(32)35-18-21-12-6-2-7-13-21)29(24)28(33)36-19-22-14-8-3-9-15-22/h1-15,23-25,30H,16-19H2/t23-,24+,25+/m1/s1. The minimum absolute atomic E-state index is 0.00347. The molecule has 0 aliphatic carbocycles. The molecule has 3 aromatic carbocycles. The lowest BCUT2D eigenvalue weighted by Crippen LogP contribution is -2.48. The molecule has 186 valence electrons. The number of rotatable bonds is 8. The van der Waals surface area contributed by atoms with Crippen LogP contribution in [-0.4, -0.2) is 40.3 Å². The quantitative estimate of drug-likeness (QED) is 0.379. The molecule has 36 heavy (non-hydrogen) atoms. The third kappa shape index (κ3) is 6.28. The van der Waals surface area contributed by atoms with E-state index in [1.165, 1.54) is 0 Å². The highest BCUT2D eigenvalue weighted by Crippen LogP contribution is 2.32. The molecule has 0 saturated carbocycles. The topological polar surface area (TPSA) is 102 Å². The van der Waals surface area contributed by atoms with Crippen LogP contribution in [0, 0.1) is 5.92 Å². The third-order valence-corrected chi connectivity index (χ3v) is 5.87. The van der Waals surface area contributed by atoms with Gasteiger partial charge < -0.3 is 19.3 Å². The van der Waals surface area contributed by atoms with Crippen molar-refractivity contribution in [3.8, 4) is 0 Å². The van der Waals surface area contributed by atoms with Crippen LogP contribution in [0.2, 0.25) is 0 Å². The molecule has 3 atom stereocenters. The highest BCUT2D eigenvalue weighted by molar-refractivity contribution is 5.89. The molecule has 1 aliphatic heterocycles. The van der Waals surface area contributed by atoms with E-state index in [0.717, 1.165) is 21.6 Å². The number of hydrogen-bond acceptors (Lipinski definition) is 7. The Morgan fingerprint density at radius 3 is 1.56 bits per heavy atom. The maximum absolute atomic E-state index is 13.2. The van der Waals surface area contributed by atoms with Gasteiger partial charge in [0.05, 0.1) is 5.92 Å². The van der Waals surface area contributed by atoms with Crippen LogP contribution < -0.4 is 0 Å². The van der Waals surface area contributed by atoms with Crippen molar-refractivity contribution in [1.82, 2.24) is 4.90 Å². The van der Waals surface area contributed by atoms with Gasteiger partial charge in [-0.25, -0.2) is 9.59 Å². The summed E-state index contributed by atoms with van der Waals surface area (Å²) in [6, 6.07) is 25.7. The molecule has 0 radical (unpaired) electrons. The van der Waals surface area contributed by atoms with Gasteiger partial charge in [0.2, 0.25) is 0 Å². The van der Waals surface area contributed by atoms with Crippen LogP contribution >= 0.6 is 0 Å². The molecule has 4 rings (SSSR count). The van der Waals surface area contributed by atoms with Crippen molar-refractivity contribution >= 4 is 18.0 Å². The maximum atomic E-state index is 13.2. The van der Waals surface area contributed by atoms with Crippen molar-refractivity contribution in [2.24, 2.45) is 5.92 Å². The van der Waals surface area contributed by atoms with Gasteiger partial charge in [0.25, 0.3) is 0 Å². The van der Waals surface area contributed by atoms with E-state index in [9.17, 15) is 19.5 Å². The van der Waals surface area contributed by atoms with E-state index in [1.807, 2.05) is 30.3 Å². The molecule has 1 amide bonds. The Bertz CT molecular complexity index is 1150. The normalized spacial score (nSPS) is 18.9. The maximum Gasteiger partial charge on any atom is 0.412 e. The molecule has 0 spiro atoms. The highest BCUT2D eigenvalue weighted by Gasteiger charge is 2.52. The summed E-state index contributed by atoms with van der Waals surface area (Å²) < 4.78 is 16.2. The average molecular weight is 490 g/mol. The molecule has 0 bridgehead atoms. The number of amides is 1. The van der Waals surface area contributed by atoms with Crippen LogP contribution in [0.5, 0.6) is 0 Å². The van der Waals surface area contributed by atoms with Gasteiger partial charge in [-0.1, -0.05) is 91.0 Å². The van der Waals surface area contributed by atoms with Crippen LogP contribution in [0.1, 0.15) is 23.1 Å². The number of nitrogens with zero attached hydrogens (tertiary/aromatic N) is 1. The van der Waals surface area contributed by atoms with E-state index in [2.05, 4.69) is 0 Å². The molecule has 1 aliphatic rings. The molecule has 3 aromatic rings. The molecule has 8 nitrogen and oxygen atoms in total. The van der Waals surface area contributed by atoms with E-state index in [0.29, 0.717) is 0 Å². The second-order valence-electron chi connectivity index (χ2n) is 8.40. The Morgan fingerprint density at radius 1 is 0.667 bits per heavy atom. The molecule has 8 heteroatoms. The number of likely N-dealkylation sites (tertiary alicyclic amines) is 1. The van der Waals surface area contributed by atoms with Crippen molar-refractivity contribution in [2.45, 2.75) is 38.5 Å². The number of benzene rings is 3. The van der Waals surface area contributed by atoms with E-state index in [4.69, 9.17) is 14.2 Å². The Morgan fingerprint density at radius 2 is 1.08 bits per heavy atom. The second kappa shape index (κ2) is 12.0. The van der Waals surface area contributed by atoms with Crippen LogP contribution in [-0.2, 0) is 43.6 Å². The summed E-state index contributed by atoms with van der Waals surface area (Å²) in [5.41, 5.74) is 2.25. The van der Waals surface area contributed by atoms with Crippen LogP contribution in [0.15, 0.2) is 91.0 Å². The van der Waals surface area contributed by atoms with Crippen LogP contribution in [0.3, 0.4) is 0 Å². The fourth-order valence-electron chi connectivity index (χ4n) is 4.03. The van der Waals surface area contributed by atoms with Crippen molar-refractivity contribution in [2.75, 3.05) is 0 Å². The van der Waals surface area contributed by atoms with Gasteiger partial charge in [-0.2, -0.15) is 0 Å². The largest absolute Gasteiger partial charge is 0.461 e. The van der Waals surface area contributed by atoms with Gasteiger partial charge in [0.1, 0.15) is 32.1 Å². The smallest absolute Gasteiger partial charge is 0.412 e. The highest BCUT2D eigenvalue weighted by atomic mass is 16.6. The van der Waals surface area contributed by atoms with E-state index in [1.54, 1.807) is 60.7 Å². The summed E-state index contributed by atoms with van der Waals surface area (Å²) in [5, 5.41) is 10.7. The fourth-order valence-corrected chi connectivity index (χ4v) is 4.03. The first-order chi connectivity index (χ1) is 17.5. The summed E-state index contributed by atoms with van der Waals surface area (Å²) in [5.74, 6) is -2.65.